The second kappa shape index (κ2) is 14.3. The van der Waals surface area contributed by atoms with Crippen LogP contribution in [0.1, 0.15) is 49.0 Å². The predicted molar refractivity (Wildman–Crippen MR) is 145 cm³/mol. The van der Waals surface area contributed by atoms with Crippen LogP contribution in [0.25, 0.3) is 0 Å². The van der Waals surface area contributed by atoms with Crippen molar-refractivity contribution in [3.8, 4) is 5.75 Å². The number of rotatable bonds is 6. The molecule has 1 heterocycles. The molecule has 0 fully saturated rings. The van der Waals surface area contributed by atoms with E-state index in [-0.39, 0.29) is 61.7 Å². The average Bonchev–Trinajstić information content (AvgIpc) is 2.93. The van der Waals surface area contributed by atoms with Gasteiger partial charge in [-0.25, -0.2) is 4.39 Å². The van der Waals surface area contributed by atoms with Crippen LogP contribution in [0, 0.1) is 11.7 Å². The van der Waals surface area contributed by atoms with Gasteiger partial charge in [0.25, 0.3) is 5.91 Å². The highest BCUT2D eigenvalue weighted by Crippen LogP contribution is 2.19. The van der Waals surface area contributed by atoms with Crippen molar-refractivity contribution in [2.45, 2.75) is 51.6 Å². The lowest BCUT2D eigenvalue weighted by Crippen LogP contribution is -2.52. The van der Waals surface area contributed by atoms with E-state index in [2.05, 4.69) is 16.0 Å². The van der Waals surface area contributed by atoms with Crippen molar-refractivity contribution in [3.05, 3.63) is 65.5 Å². The fourth-order valence-corrected chi connectivity index (χ4v) is 4.23. The fourth-order valence-electron chi connectivity index (χ4n) is 4.23. The quantitative estimate of drug-likeness (QED) is 0.521. The van der Waals surface area contributed by atoms with Gasteiger partial charge in [-0.1, -0.05) is 44.5 Å². The largest absolute Gasteiger partial charge is 0.491 e. The number of nitrogens with zero attached hydrogens (tertiary/aromatic N) is 1. The Labute approximate surface area is 228 Å². The van der Waals surface area contributed by atoms with Gasteiger partial charge in [-0.15, -0.1) is 0 Å². The molecule has 39 heavy (non-hydrogen) atoms. The van der Waals surface area contributed by atoms with Gasteiger partial charge >= 0.3 is 0 Å². The summed E-state index contributed by atoms with van der Waals surface area (Å²) in [5.74, 6) is -1.69. The van der Waals surface area contributed by atoms with E-state index in [1.807, 2.05) is 13.8 Å². The second-order valence-corrected chi connectivity index (χ2v) is 9.77. The molecule has 0 saturated carbocycles. The molecule has 9 nitrogen and oxygen atoms in total. The maximum absolute atomic E-state index is 13.2. The van der Waals surface area contributed by atoms with Gasteiger partial charge in [-0.2, -0.15) is 0 Å². The summed E-state index contributed by atoms with van der Waals surface area (Å²) in [7, 11) is 1.65. The summed E-state index contributed by atoms with van der Waals surface area (Å²) in [5.41, 5.74) is 1.09. The van der Waals surface area contributed by atoms with Gasteiger partial charge in [0.05, 0.1) is 12.1 Å². The molecule has 0 bridgehead atoms. The third kappa shape index (κ3) is 8.53. The topological polar surface area (TPSA) is 117 Å². The highest BCUT2D eigenvalue weighted by atomic mass is 19.1. The van der Waals surface area contributed by atoms with Crippen LogP contribution < -0.4 is 20.7 Å². The van der Waals surface area contributed by atoms with E-state index in [0.717, 1.165) is 5.56 Å². The Morgan fingerprint density at radius 3 is 2.56 bits per heavy atom. The van der Waals surface area contributed by atoms with Crippen molar-refractivity contribution in [1.82, 2.24) is 20.9 Å². The molecule has 10 heteroatoms. The number of hydrogen-bond donors (Lipinski definition) is 3. The molecule has 0 aromatic heterocycles. The van der Waals surface area contributed by atoms with Gasteiger partial charge in [0.15, 0.2) is 0 Å². The molecule has 2 aromatic carbocycles. The molecule has 0 saturated heterocycles. The van der Waals surface area contributed by atoms with E-state index in [4.69, 9.17) is 4.74 Å². The minimum atomic E-state index is -1.00. The molecular formula is C29H37FN4O5. The molecule has 3 N–H and O–H groups in total. The zero-order valence-electron chi connectivity index (χ0n) is 22.7. The number of likely N-dealkylation sites (N-methyl/N-ethyl adjacent to an activating group) is 1. The molecule has 0 spiro atoms. The van der Waals surface area contributed by atoms with Crippen molar-refractivity contribution in [2.24, 2.45) is 5.92 Å². The first kappa shape index (κ1) is 29.6. The average molecular weight is 541 g/mol. The number of hydrogen-bond acceptors (Lipinski definition) is 5. The first-order chi connectivity index (χ1) is 18.7. The highest BCUT2D eigenvalue weighted by molar-refractivity contribution is 5.99. The van der Waals surface area contributed by atoms with Crippen molar-refractivity contribution >= 4 is 23.6 Å². The number of ether oxygens (including phenoxy) is 1. The molecule has 0 aliphatic carbocycles. The van der Waals surface area contributed by atoms with Crippen molar-refractivity contribution in [2.75, 3.05) is 26.7 Å². The van der Waals surface area contributed by atoms with Crippen LogP contribution in [0.3, 0.4) is 0 Å². The molecular weight excluding hydrogens is 503 g/mol. The molecule has 3 atom stereocenters. The Hall–Kier alpha value is -3.95. The fraction of sp³-hybridized carbons (Fsp3) is 0.448. The third-order valence-corrected chi connectivity index (χ3v) is 6.90. The summed E-state index contributed by atoms with van der Waals surface area (Å²) in [6, 6.07) is 10.9. The monoisotopic (exact) mass is 540 g/mol. The van der Waals surface area contributed by atoms with Crippen LogP contribution in [0.2, 0.25) is 0 Å². The molecule has 1 aliphatic rings. The Kier molecular flexibility index (Phi) is 10.8. The number of para-hydroxylation sites is 1. The lowest BCUT2D eigenvalue weighted by atomic mass is 9.97. The molecule has 0 unspecified atom stereocenters. The van der Waals surface area contributed by atoms with E-state index >= 15 is 0 Å². The second-order valence-electron chi connectivity index (χ2n) is 9.77. The third-order valence-electron chi connectivity index (χ3n) is 6.90. The molecule has 0 radical (unpaired) electrons. The van der Waals surface area contributed by atoms with Crippen LogP contribution in [0.15, 0.2) is 48.5 Å². The molecule has 3 rings (SSSR count). The molecule has 1 aliphatic heterocycles. The standard InChI is InChI=1S/C29H37FN4O5/c1-4-19(2)26-29(38)34(3)17-18-39-24-8-6-5-7-22(24)27(36)32-23(13-14-25(35)33-26)28(37)31-16-15-20-9-11-21(30)12-10-20/h5-12,19,23,26H,4,13-18H2,1-3H3,(H,31,37)(H,32,36)(H,33,35)/t19-,23-,26-/m0/s1. The van der Waals surface area contributed by atoms with Gasteiger partial charge in [-0.05, 0) is 48.6 Å². The van der Waals surface area contributed by atoms with Crippen LogP contribution in [0.5, 0.6) is 5.75 Å². The van der Waals surface area contributed by atoms with E-state index < -0.39 is 23.9 Å². The van der Waals surface area contributed by atoms with Crippen LogP contribution in [-0.4, -0.2) is 67.4 Å². The van der Waals surface area contributed by atoms with Crippen molar-refractivity contribution in [3.63, 3.8) is 0 Å². The van der Waals surface area contributed by atoms with Crippen LogP contribution in [-0.2, 0) is 20.8 Å². The minimum Gasteiger partial charge on any atom is -0.491 e. The predicted octanol–water partition coefficient (Wildman–Crippen LogP) is 2.44. The van der Waals surface area contributed by atoms with Crippen LogP contribution in [0.4, 0.5) is 4.39 Å². The van der Waals surface area contributed by atoms with E-state index in [0.29, 0.717) is 18.6 Å². The molecule has 4 amide bonds. The number of halogens is 1. The van der Waals surface area contributed by atoms with Gasteiger partial charge in [-0.3, -0.25) is 19.2 Å². The highest BCUT2D eigenvalue weighted by Gasteiger charge is 2.30. The first-order valence-corrected chi connectivity index (χ1v) is 13.3. The molecule has 210 valence electrons. The summed E-state index contributed by atoms with van der Waals surface area (Å²) in [4.78, 5) is 53.9. The summed E-state index contributed by atoms with van der Waals surface area (Å²) in [6.07, 6.45) is 1.11. The normalized spacial score (nSPS) is 19.9. The van der Waals surface area contributed by atoms with E-state index in [1.165, 1.54) is 17.0 Å². The number of amides is 4. The number of benzene rings is 2. The van der Waals surface area contributed by atoms with Crippen LogP contribution >= 0.6 is 0 Å². The summed E-state index contributed by atoms with van der Waals surface area (Å²) < 4.78 is 19.0. The Balaban J connectivity index is 1.79. The van der Waals surface area contributed by atoms with Gasteiger partial charge in [0, 0.05) is 20.0 Å². The zero-order valence-corrected chi connectivity index (χ0v) is 22.7. The number of nitrogens with one attached hydrogen (secondary N) is 3. The SMILES string of the molecule is CC[C@H](C)[C@@H]1NC(=O)CC[C@@H](C(=O)NCCc2ccc(F)cc2)NC(=O)c2ccccc2OCCN(C)C1=O. The van der Waals surface area contributed by atoms with Crippen molar-refractivity contribution < 1.29 is 28.3 Å². The lowest BCUT2D eigenvalue weighted by Gasteiger charge is -2.28. The Morgan fingerprint density at radius 1 is 1.13 bits per heavy atom. The maximum atomic E-state index is 13.2. The van der Waals surface area contributed by atoms with Gasteiger partial charge in [0.2, 0.25) is 17.7 Å². The minimum absolute atomic E-state index is 0.0280. The Morgan fingerprint density at radius 2 is 1.85 bits per heavy atom. The summed E-state index contributed by atoms with van der Waals surface area (Å²) in [6.45, 7) is 4.51. The van der Waals surface area contributed by atoms with E-state index in [9.17, 15) is 23.6 Å². The Bertz CT molecular complexity index is 1160. The number of carbonyl (C=O) groups excluding carboxylic acids is 4. The molecule has 2 aromatic rings. The van der Waals surface area contributed by atoms with Gasteiger partial charge in [0.1, 0.15) is 30.3 Å². The summed E-state index contributed by atoms with van der Waals surface area (Å²) in [5, 5.41) is 8.37. The van der Waals surface area contributed by atoms with Gasteiger partial charge < -0.3 is 25.6 Å². The zero-order chi connectivity index (χ0) is 28.4. The lowest BCUT2D eigenvalue weighted by molar-refractivity contribution is -0.137. The number of carbonyl (C=O) groups is 4. The number of fused-ring (bicyclic) bond motifs is 1. The summed E-state index contributed by atoms with van der Waals surface area (Å²) >= 11 is 0. The van der Waals surface area contributed by atoms with E-state index in [1.54, 1.807) is 43.4 Å². The smallest absolute Gasteiger partial charge is 0.255 e. The first-order valence-electron chi connectivity index (χ1n) is 13.3. The maximum Gasteiger partial charge on any atom is 0.255 e. The van der Waals surface area contributed by atoms with Crippen molar-refractivity contribution in [1.29, 1.82) is 0 Å².